The molecule has 0 aromatic carbocycles. The summed E-state index contributed by atoms with van der Waals surface area (Å²) in [5.41, 5.74) is -3.95. The molecular formula is C17H19FN2O7. The molecule has 0 bridgehead atoms. The summed E-state index contributed by atoms with van der Waals surface area (Å²) in [5, 5.41) is 0. The SMILES string of the molecule is CC(=O)O[C@]12C[C@H]1C[C@@]1(OC(C)=O)[C@@H]2O[C@@H](n2cc(C)c(=O)[nH]c2=O)[C@H]1F. The lowest BCUT2D eigenvalue weighted by Crippen LogP contribution is -2.51. The lowest BCUT2D eigenvalue weighted by molar-refractivity contribution is -0.180. The Balaban J connectivity index is 1.78. The van der Waals surface area contributed by atoms with Crippen molar-refractivity contribution in [2.75, 3.05) is 0 Å². The summed E-state index contributed by atoms with van der Waals surface area (Å²) in [4.78, 5) is 49.1. The van der Waals surface area contributed by atoms with Gasteiger partial charge in [0.05, 0.1) is 0 Å². The van der Waals surface area contributed by atoms with Gasteiger partial charge in [-0.3, -0.25) is 23.9 Å². The van der Waals surface area contributed by atoms with E-state index < -0.39 is 52.9 Å². The van der Waals surface area contributed by atoms with E-state index >= 15 is 4.39 Å². The zero-order valence-electron chi connectivity index (χ0n) is 15.0. The first kappa shape index (κ1) is 17.9. The molecule has 1 aromatic heterocycles. The summed E-state index contributed by atoms with van der Waals surface area (Å²) >= 11 is 0. The number of ether oxygens (including phenoxy) is 3. The molecular weight excluding hydrogens is 363 g/mol. The van der Waals surface area contributed by atoms with E-state index in [4.69, 9.17) is 14.2 Å². The highest BCUT2D eigenvalue weighted by Crippen LogP contribution is 2.68. The molecule has 27 heavy (non-hydrogen) atoms. The first-order valence-electron chi connectivity index (χ1n) is 8.61. The number of aryl methyl sites for hydroxylation is 1. The van der Waals surface area contributed by atoms with Crippen LogP contribution in [0.25, 0.3) is 0 Å². The second-order valence-electron chi connectivity index (χ2n) is 7.49. The van der Waals surface area contributed by atoms with Crippen LogP contribution in [0, 0.1) is 12.8 Å². The fourth-order valence-corrected chi connectivity index (χ4v) is 4.58. The molecule has 0 radical (unpaired) electrons. The number of hydrogen-bond donors (Lipinski definition) is 1. The van der Waals surface area contributed by atoms with Gasteiger partial charge in [-0.15, -0.1) is 0 Å². The largest absolute Gasteiger partial charge is 0.456 e. The number of aromatic amines is 1. The van der Waals surface area contributed by atoms with Crippen LogP contribution in [0.5, 0.6) is 0 Å². The molecule has 1 aliphatic heterocycles. The first-order chi connectivity index (χ1) is 12.6. The van der Waals surface area contributed by atoms with E-state index in [1.54, 1.807) is 0 Å². The summed E-state index contributed by atoms with van der Waals surface area (Å²) in [6.07, 6.45) is -2.55. The van der Waals surface area contributed by atoms with Crippen molar-refractivity contribution in [3.05, 3.63) is 32.6 Å². The van der Waals surface area contributed by atoms with Crippen LogP contribution < -0.4 is 11.2 Å². The van der Waals surface area contributed by atoms with Gasteiger partial charge in [-0.2, -0.15) is 0 Å². The summed E-state index contributed by atoms with van der Waals surface area (Å²) in [6.45, 7) is 3.87. The van der Waals surface area contributed by atoms with Crippen LogP contribution in [0.15, 0.2) is 15.8 Å². The fourth-order valence-electron chi connectivity index (χ4n) is 4.58. The number of nitrogens with zero attached hydrogens (tertiary/aromatic N) is 1. The van der Waals surface area contributed by atoms with Gasteiger partial charge in [-0.25, -0.2) is 9.18 Å². The minimum absolute atomic E-state index is 0.124. The molecule has 2 heterocycles. The topological polar surface area (TPSA) is 117 Å². The standard InChI is InChI=1S/C17H19FN2O7/c1-7-6-20(15(24)19-12(7)23)13-11(18)17(27-9(3)22)5-10-4-16(10,14(17)25-13)26-8(2)21/h6,10-11,13-14H,4-5H2,1-3H3,(H,19,23,24)/t10-,11+,13+,14+,16+,17-/m0/s1. The number of nitrogens with one attached hydrogen (secondary N) is 1. The summed E-state index contributed by atoms with van der Waals surface area (Å²) in [7, 11) is 0. The Morgan fingerprint density at radius 1 is 1.22 bits per heavy atom. The number of fused-ring (bicyclic) bond motifs is 3. The number of halogens is 1. The number of aromatic nitrogens is 2. The van der Waals surface area contributed by atoms with Crippen molar-refractivity contribution in [1.29, 1.82) is 0 Å². The molecule has 1 saturated heterocycles. The maximum atomic E-state index is 15.6. The van der Waals surface area contributed by atoms with Gasteiger partial charge in [-0.05, 0) is 19.8 Å². The van der Waals surface area contributed by atoms with E-state index in [0.717, 1.165) is 11.5 Å². The number of carbonyl (C=O) groups is 2. The molecule has 10 heteroatoms. The lowest BCUT2D eigenvalue weighted by atomic mass is 9.90. The number of alkyl halides is 1. The molecule has 4 rings (SSSR count). The van der Waals surface area contributed by atoms with Gasteiger partial charge in [0, 0.05) is 31.5 Å². The fraction of sp³-hybridized carbons (Fsp3) is 0.647. The third-order valence-electron chi connectivity index (χ3n) is 5.63. The minimum atomic E-state index is -1.88. The average molecular weight is 382 g/mol. The van der Waals surface area contributed by atoms with Gasteiger partial charge in [0.25, 0.3) is 5.56 Å². The Morgan fingerprint density at radius 3 is 2.44 bits per heavy atom. The van der Waals surface area contributed by atoms with E-state index in [2.05, 4.69) is 4.98 Å². The van der Waals surface area contributed by atoms with Gasteiger partial charge in [0.2, 0.25) is 0 Å². The third-order valence-corrected chi connectivity index (χ3v) is 5.63. The van der Waals surface area contributed by atoms with Crippen molar-refractivity contribution >= 4 is 11.9 Å². The molecule has 146 valence electrons. The van der Waals surface area contributed by atoms with Crippen LogP contribution in [0.1, 0.15) is 38.5 Å². The summed E-state index contributed by atoms with van der Waals surface area (Å²) < 4.78 is 33.1. The number of rotatable bonds is 3. The smallest absolute Gasteiger partial charge is 0.330 e. The van der Waals surface area contributed by atoms with E-state index in [0.29, 0.717) is 6.42 Å². The minimum Gasteiger partial charge on any atom is -0.456 e. The second-order valence-corrected chi connectivity index (χ2v) is 7.49. The van der Waals surface area contributed by atoms with Crippen LogP contribution in [-0.2, 0) is 23.8 Å². The number of hydrogen-bond acceptors (Lipinski definition) is 7. The molecule has 1 N–H and O–H groups in total. The molecule has 2 aliphatic carbocycles. The average Bonchev–Trinajstić information content (AvgIpc) is 3.04. The van der Waals surface area contributed by atoms with Gasteiger partial charge in [0.1, 0.15) is 11.7 Å². The zero-order chi connectivity index (χ0) is 19.7. The van der Waals surface area contributed by atoms with E-state index in [1.807, 2.05) is 0 Å². The van der Waals surface area contributed by atoms with Crippen LogP contribution in [0.2, 0.25) is 0 Å². The molecule has 0 spiro atoms. The van der Waals surface area contributed by atoms with Crippen LogP contribution in [0.4, 0.5) is 4.39 Å². The Kier molecular flexibility index (Phi) is 3.65. The number of carbonyl (C=O) groups excluding carboxylic acids is 2. The van der Waals surface area contributed by atoms with Crippen molar-refractivity contribution in [2.45, 2.75) is 63.3 Å². The van der Waals surface area contributed by atoms with Crippen molar-refractivity contribution in [1.82, 2.24) is 9.55 Å². The lowest BCUT2D eigenvalue weighted by Gasteiger charge is -2.32. The van der Waals surface area contributed by atoms with Gasteiger partial charge < -0.3 is 14.2 Å². The molecule has 3 aliphatic rings. The predicted molar refractivity (Wildman–Crippen MR) is 86.6 cm³/mol. The number of esters is 2. The molecule has 3 fully saturated rings. The molecule has 2 saturated carbocycles. The Morgan fingerprint density at radius 2 is 1.81 bits per heavy atom. The van der Waals surface area contributed by atoms with Crippen LogP contribution >= 0.6 is 0 Å². The molecule has 1 aromatic rings. The predicted octanol–water partition coefficient (Wildman–Crippen LogP) is 0.108. The molecule has 6 atom stereocenters. The molecule has 0 amide bonds. The molecule has 0 unspecified atom stereocenters. The van der Waals surface area contributed by atoms with Gasteiger partial charge in [-0.1, -0.05) is 0 Å². The van der Waals surface area contributed by atoms with E-state index in [-0.39, 0.29) is 17.9 Å². The van der Waals surface area contributed by atoms with Crippen LogP contribution in [-0.4, -0.2) is 45.0 Å². The van der Waals surface area contributed by atoms with E-state index in [9.17, 15) is 19.2 Å². The Labute approximate surface area is 152 Å². The van der Waals surface area contributed by atoms with Crippen molar-refractivity contribution in [3.63, 3.8) is 0 Å². The quantitative estimate of drug-likeness (QED) is 0.738. The number of H-pyrrole nitrogens is 1. The summed E-state index contributed by atoms with van der Waals surface area (Å²) in [5.74, 6) is -1.43. The normalized spacial score (nSPS) is 38.8. The van der Waals surface area contributed by atoms with Crippen molar-refractivity contribution in [2.24, 2.45) is 5.92 Å². The monoisotopic (exact) mass is 382 g/mol. The molecule has 9 nitrogen and oxygen atoms in total. The van der Waals surface area contributed by atoms with E-state index in [1.165, 1.54) is 20.0 Å². The first-order valence-corrected chi connectivity index (χ1v) is 8.61. The van der Waals surface area contributed by atoms with Crippen molar-refractivity contribution in [3.8, 4) is 0 Å². The highest BCUT2D eigenvalue weighted by Gasteiger charge is 2.83. The maximum Gasteiger partial charge on any atom is 0.330 e. The zero-order valence-corrected chi connectivity index (χ0v) is 15.0. The summed E-state index contributed by atoms with van der Waals surface area (Å²) in [6, 6.07) is 0. The highest BCUT2D eigenvalue weighted by molar-refractivity contribution is 5.69. The van der Waals surface area contributed by atoms with Gasteiger partial charge >= 0.3 is 17.6 Å². The Hall–Kier alpha value is -2.49. The third kappa shape index (κ3) is 2.39. The van der Waals surface area contributed by atoms with Crippen molar-refractivity contribution < 1.29 is 28.2 Å². The van der Waals surface area contributed by atoms with Gasteiger partial charge in [0.15, 0.2) is 18.0 Å². The highest BCUT2D eigenvalue weighted by atomic mass is 19.1. The maximum absolute atomic E-state index is 15.6. The van der Waals surface area contributed by atoms with Crippen LogP contribution in [0.3, 0.4) is 0 Å². The second kappa shape index (κ2) is 5.51. The Bertz CT molecular complexity index is 955.